The van der Waals surface area contributed by atoms with Gasteiger partial charge in [0.2, 0.25) is 17.7 Å². The van der Waals surface area contributed by atoms with Crippen molar-refractivity contribution in [3.05, 3.63) is 85.5 Å². The lowest BCUT2D eigenvalue weighted by molar-refractivity contribution is -0.160. The molecule has 13 nitrogen and oxygen atoms in total. The summed E-state index contributed by atoms with van der Waals surface area (Å²) in [5, 5.41) is 22.1. The molecule has 1 aromatic heterocycles. The molecule has 2 bridgehead atoms. The highest BCUT2D eigenvalue weighted by Gasteiger charge is 2.77. The molecule has 3 aromatic rings. The molecule has 0 saturated carbocycles. The van der Waals surface area contributed by atoms with Crippen molar-refractivity contribution in [2.24, 2.45) is 11.8 Å². The number of carbonyl (C=O) groups is 4. The molecule has 3 amide bonds. The summed E-state index contributed by atoms with van der Waals surface area (Å²) in [6.07, 6.45) is 3.15. The summed E-state index contributed by atoms with van der Waals surface area (Å²) in [7, 11) is 0. The van der Waals surface area contributed by atoms with Crippen LogP contribution in [0.4, 0.5) is 0 Å². The van der Waals surface area contributed by atoms with Crippen molar-refractivity contribution >= 4 is 50.7 Å². The van der Waals surface area contributed by atoms with Crippen LogP contribution in [0.2, 0.25) is 0 Å². The van der Waals surface area contributed by atoms with Crippen molar-refractivity contribution < 1.29 is 33.8 Å². The molecule has 3 saturated heterocycles. The molecule has 1 spiro atoms. The third-order valence-electron chi connectivity index (χ3n) is 10.0. The molecule has 8 atom stereocenters. The van der Waals surface area contributed by atoms with Gasteiger partial charge in [-0.05, 0) is 43.9 Å². The number of aliphatic hydroxyl groups excluding tert-OH is 1. The Labute approximate surface area is 304 Å². The number of nitrogens with zero attached hydrogens (tertiary/aromatic N) is 5. The molecule has 2 aromatic carbocycles. The zero-order valence-electron chi connectivity index (χ0n) is 28.5. The predicted octanol–water partition coefficient (Wildman–Crippen LogP) is 2.77. The van der Waals surface area contributed by atoms with Crippen LogP contribution in [-0.4, -0.2) is 108 Å². The third kappa shape index (κ3) is 6.96. The highest BCUT2D eigenvalue weighted by molar-refractivity contribution is 9.09. The summed E-state index contributed by atoms with van der Waals surface area (Å²) < 4.78 is 14.1. The molecule has 4 heterocycles. The maximum atomic E-state index is 15.0. The average molecular weight is 764 g/mol. The molecular weight excluding hydrogens is 720 g/mol. The summed E-state index contributed by atoms with van der Waals surface area (Å²) >= 11 is 3.70. The largest absolute Gasteiger partial charge is 0.460 e. The zero-order valence-corrected chi connectivity index (χ0v) is 30.1. The lowest BCUT2D eigenvalue weighted by Crippen LogP contribution is -2.59. The van der Waals surface area contributed by atoms with Gasteiger partial charge in [0.1, 0.15) is 29.9 Å². The number of carbonyl (C=O) groups excluding carboxylic acids is 4. The standard InChI is InChI=1S/C37H43BrN6O7/c1-4-6-16-29(46)39-20-23(3)50-36(49)30-31-34(47)44(25(21-45)18-24-12-8-7-9-13-24)33(37(31)19-26(38)32(30)51-37)35(48)42(17-5-2)22-43-28-15-11-10-14-27(28)40-41-43/h4-5,7-15,23,25-26,30-33,45H,1-2,6,16-22H2,3H3,(H,39,46)/t23-,25+,26?,30+,31-,32+,33+,37-/m0/s1. The van der Waals surface area contributed by atoms with Gasteiger partial charge >= 0.3 is 5.97 Å². The van der Waals surface area contributed by atoms with E-state index < -0.39 is 66.1 Å². The van der Waals surface area contributed by atoms with Crippen LogP contribution in [0.1, 0.15) is 31.7 Å². The van der Waals surface area contributed by atoms with Crippen molar-refractivity contribution in [3.8, 4) is 0 Å². The number of ether oxygens (including phenoxy) is 2. The van der Waals surface area contributed by atoms with E-state index in [1.807, 2.05) is 54.6 Å². The first-order valence-corrected chi connectivity index (χ1v) is 18.1. The summed E-state index contributed by atoms with van der Waals surface area (Å²) in [5.41, 5.74) is 0.854. The minimum absolute atomic E-state index is 0.00972. The number of para-hydroxylation sites is 1. The monoisotopic (exact) mass is 762 g/mol. The third-order valence-corrected chi connectivity index (χ3v) is 10.9. The second kappa shape index (κ2) is 15.5. The number of halogens is 1. The number of aliphatic hydroxyl groups is 1. The fourth-order valence-electron chi connectivity index (χ4n) is 7.77. The van der Waals surface area contributed by atoms with Gasteiger partial charge in [-0.3, -0.25) is 19.2 Å². The molecule has 3 aliphatic heterocycles. The van der Waals surface area contributed by atoms with Crippen LogP contribution >= 0.6 is 15.9 Å². The van der Waals surface area contributed by atoms with Gasteiger partial charge in [0.05, 0.1) is 42.6 Å². The molecule has 0 radical (unpaired) electrons. The quantitative estimate of drug-likeness (QED) is 0.127. The number of amides is 3. The van der Waals surface area contributed by atoms with E-state index in [9.17, 15) is 19.5 Å². The molecule has 3 aliphatic rings. The SMILES string of the molecule is C=CCCC(=O)NC[C@H](C)OC(=O)[C@H]1[C@@H]2O[C@@]3(CC2Br)[C@@H]1C(=O)N([C@@H](CO)Cc1ccccc1)[C@@H]3C(=O)N(CC=C)Cn1nnc2ccccc21. The maximum absolute atomic E-state index is 15.0. The fourth-order valence-corrected chi connectivity index (χ4v) is 8.72. The molecule has 1 unspecified atom stereocenters. The van der Waals surface area contributed by atoms with Gasteiger partial charge < -0.3 is 29.7 Å². The van der Waals surface area contributed by atoms with Crippen LogP contribution in [-0.2, 0) is 41.7 Å². The summed E-state index contributed by atoms with van der Waals surface area (Å²) in [6, 6.07) is 14.8. The van der Waals surface area contributed by atoms with E-state index in [0.717, 1.165) is 11.1 Å². The number of esters is 1. The van der Waals surface area contributed by atoms with E-state index in [4.69, 9.17) is 9.47 Å². The molecule has 0 aliphatic carbocycles. The Morgan fingerprint density at radius 2 is 1.92 bits per heavy atom. The number of benzene rings is 2. The highest BCUT2D eigenvalue weighted by Crippen LogP contribution is 2.61. The number of rotatable bonds is 16. The van der Waals surface area contributed by atoms with Crippen molar-refractivity contribution in [3.63, 3.8) is 0 Å². The summed E-state index contributed by atoms with van der Waals surface area (Å²) in [6.45, 7) is 8.97. The lowest BCUT2D eigenvalue weighted by Gasteiger charge is -2.39. The van der Waals surface area contributed by atoms with E-state index in [1.165, 1.54) is 9.80 Å². The number of hydrogen-bond acceptors (Lipinski definition) is 9. The van der Waals surface area contributed by atoms with E-state index >= 15 is 4.79 Å². The van der Waals surface area contributed by atoms with Gasteiger partial charge in [0.15, 0.2) is 0 Å². The Morgan fingerprint density at radius 1 is 1.18 bits per heavy atom. The number of fused-ring (bicyclic) bond motifs is 2. The average Bonchev–Trinajstić information content (AvgIpc) is 3.85. The first-order valence-electron chi connectivity index (χ1n) is 17.2. The van der Waals surface area contributed by atoms with E-state index in [1.54, 1.807) is 23.8 Å². The van der Waals surface area contributed by atoms with E-state index in [-0.39, 0.29) is 49.8 Å². The van der Waals surface area contributed by atoms with E-state index in [0.29, 0.717) is 11.9 Å². The van der Waals surface area contributed by atoms with Gasteiger partial charge in [-0.1, -0.05) is 75.8 Å². The number of alkyl halides is 1. The lowest BCUT2D eigenvalue weighted by atomic mass is 9.70. The molecular formula is C37H43BrN6O7. The van der Waals surface area contributed by atoms with E-state index in [2.05, 4.69) is 44.7 Å². The molecule has 51 heavy (non-hydrogen) atoms. The van der Waals surface area contributed by atoms with Crippen LogP contribution in [0.5, 0.6) is 0 Å². The van der Waals surface area contributed by atoms with Crippen LogP contribution in [0.25, 0.3) is 11.0 Å². The zero-order chi connectivity index (χ0) is 36.3. The first-order chi connectivity index (χ1) is 24.6. The Bertz CT molecular complexity index is 1790. The van der Waals surface area contributed by atoms with Crippen LogP contribution < -0.4 is 5.32 Å². The number of aromatic nitrogens is 3. The number of nitrogens with one attached hydrogen (secondary N) is 1. The van der Waals surface area contributed by atoms with Crippen LogP contribution in [0, 0.1) is 11.8 Å². The highest BCUT2D eigenvalue weighted by atomic mass is 79.9. The van der Waals surface area contributed by atoms with Gasteiger partial charge in [-0.2, -0.15) is 0 Å². The Kier molecular flexibility index (Phi) is 11.0. The number of allylic oxidation sites excluding steroid dienone is 1. The van der Waals surface area contributed by atoms with Gasteiger partial charge in [0, 0.05) is 17.8 Å². The molecule has 3 fully saturated rings. The fraction of sp³-hybridized carbons (Fsp3) is 0.459. The Hall–Kier alpha value is -4.40. The Balaban J connectivity index is 1.34. The smallest absolute Gasteiger partial charge is 0.312 e. The molecule has 14 heteroatoms. The predicted molar refractivity (Wildman–Crippen MR) is 191 cm³/mol. The molecule has 2 N–H and O–H groups in total. The summed E-state index contributed by atoms with van der Waals surface area (Å²) in [4.78, 5) is 58.6. The van der Waals surface area contributed by atoms with Gasteiger partial charge in [-0.15, -0.1) is 18.3 Å². The second-order valence-electron chi connectivity index (χ2n) is 13.4. The van der Waals surface area contributed by atoms with Crippen molar-refractivity contribution in [1.29, 1.82) is 0 Å². The minimum atomic E-state index is -1.40. The first kappa shape index (κ1) is 36.4. The number of hydrogen-bond donors (Lipinski definition) is 2. The van der Waals surface area contributed by atoms with Crippen molar-refractivity contribution in [1.82, 2.24) is 30.1 Å². The normalized spacial score (nSPS) is 26.1. The maximum Gasteiger partial charge on any atom is 0.312 e. The summed E-state index contributed by atoms with van der Waals surface area (Å²) in [5.74, 6) is -3.80. The molecule has 270 valence electrons. The van der Waals surface area contributed by atoms with Gasteiger partial charge in [0.25, 0.3) is 0 Å². The van der Waals surface area contributed by atoms with Crippen LogP contribution in [0.15, 0.2) is 79.9 Å². The van der Waals surface area contributed by atoms with Crippen molar-refractivity contribution in [2.45, 2.75) is 74.0 Å². The molecule has 6 rings (SSSR count). The van der Waals surface area contributed by atoms with Crippen LogP contribution in [0.3, 0.4) is 0 Å². The second-order valence-corrected chi connectivity index (χ2v) is 14.6. The minimum Gasteiger partial charge on any atom is -0.460 e. The van der Waals surface area contributed by atoms with Gasteiger partial charge in [-0.25, -0.2) is 4.68 Å². The number of likely N-dealkylation sites (tertiary alicyclic amines) is 1. The van der Waals surface area contributed by atoms with Crippen molar-refractivity contribution in [2.75, 3.05) is 19.7 Å². The topological polar surface area (TPSA) is 156 Å². The Morgan fingerprint density at radius 3 is 2.65 bits per heavy atom.